The van der Waals surface area contributed by atoms with Crippen molar-refractivity contribution in [3.8, 4) is 6.01 Å². The van der Waals surface area contributed by atoms with Crippen molar-refractivity contribution in [2.45, 2.75) is 82.5 Å². The fourth-order valence-corrected chi connectivity index (χ4v) is 6.50. The van der Waals surface area contributed by atoms with E-state index < -0.39 is 45.4 Å². The number of carbonyl (C=O) groups excluding carboxylic acids is 1. The van der Waals surface area contributed by atoms with Gasteiger partial charge < -0.3 is 14.4 Å². The normalized spacial score (nSPS) is 27.1. The second-order valence-corrected chi connectivity index (χ2v) is 13.2. The number of nitrogens with zero attached hydrogens (tertiary/aromatic N) is 5. The van der Waals surface area contributed by atoms with Gasteiger partial charge in [-0.3, -0.25) is 9.80 Å². The van der Waals surface area contributed by atoms with E-state index in [1.54, 1.807) is 37.6 Å². The third kappa shape index (κ3) is 5.78. The third-order valence-corrected chi connectivity index (χ3v) is 8.86. The molecule has 3 fully saturated rings. The number of hydrogen-bond acceptors (Lipinski definition) is 7. The molecule has 14 heteroatoms. The summed E-state index contributed by atoms with van der Waals surface area (Å²) in [6.45, 7) is 7.90. The number of anilines is 1. The molecule has 2 bridgehead atoms. The number of fused-ring (bicyclic) bond motifs is 3. The van der Waals surface area contributed by atoms with Crippen LogP contribution in [0, 0.1) is 5.82 Å². The van der Waals surface area contributed by atoms with Gasteiger partial charge in [-0.1, -0.05) is 0 Å². The first-order chi connectivity index (χ1) is 19.0. The lowest BCUT2D eigenvalue weighted by Crippen LogP contribution is -2.57. The van der Waals surface area contributed by atoms with Crippen LogP contribution in [0.1, 0.15) is 52.5 Å². The van der Waals surface area contributed by atoms with Crippen LogP contribution in [0.4, 0.5) is 32.6 Å². The lowest BCUT2D eigenvalue weighted by molar-refractivity contribution is -0.138. The van der Waals surface area contributed by atoms with Gasteiger partial charge in [0, 0.05) is 31.4 Å². The van der Waals surface area contributed by atoms with Crippen LogP contribution in [0.15, 0.2) is 10.5 Å². The Morgan fingerprint density at radius 1 is 1.15 bits per heavy atom. The van der Waals surface area contributed by atoms with Gasteiger partial charge in [0.15, 0.2) is 5.82 Å². The predicted octanol–water partition coefficient (Wildman–Crippen LogP) is 5.95. The number of amides is 1. The SMILES string of the molecule is CN1C[C@H](F)C[C@]1(C)COc1nc(N2CC3CCC(C2)N3C(=O)OC(C)(C)C)c2cc(C(F)(F)F)c(Br)c(F)c2n1. The average Bonchev–Trinajstić information content (AvgIpc) is 3.27. The van der Waals surface area contributed by atoms with E-state index >= 15 is 4.39 Å². The minimum absolute atomic E-state index is 0.00401. The summed E-state index contributed by atoms with van der Waals surface area (Å²) in [5.41, 5.74) is -2.88. The number of ether oxygens (including phenoxy) is 2. The standard InChI is InChI=1S/C27H33BrF5N5O3/c1-25(2,3)41-24(39)38-15-6-7-16(38)12-37(11-15)22-17-8-18(27(31,32)33)19(28)20(30)21(17)34-23(35-22)40-13-26(4)9-14(29)10-36(26)5/h8,14-16H,6-7,9-13H2,1-5H3/t14-,15?,16?,26-/m1/s1. The number of rotatable bonds is 4. The first kappa shape index (κ1) is 30.0. The highest BCUT2D eigenvalue weighted by atomic mass is 79.9. The maximum Gasteiger partial charge on any atom is 0.417 e. The van der Waals surface area contributed by atoms with Crippen LogP contribution in [-0.4, -0.2) is 88.5 Å². The molecule has 2 unspecified atom stereocenters. The maximum atomic E-state index is 15.5. The Kier molecular flexibility index (Phi) is 7.57. The Morgan fingerprint density at radius 3 is 2.32 bits per heavy atom. The summed E-state index contributed by atoms with van der Waals surface area (Å²) in [6.07, 6.45) is -4.75. The van der Waals surface area contributed by atoms with Gasteiger partial charge in [-0.2, -0.15) is 23.1 Å². The van der Waals surface area contributed by atoms with E-state index in [0.717, 1.165) is 6.07 Å². The summed E-state index contributed by atoms with van der Waals surface area (Å²) in [4.78, 5) is 26.8. The molecule has 0 saturated carbocycles. The first-order valence-corrected chi connectivity index (χ1v) is 14.3. The molecule has 3 aliphatic heterocycles. The van der Waals surface area contributed by atoms with Crippen LogP contribution in [0.25, 0.3) is 10.9 Å². The highest BCUT2D eigenvalue weighted by Gasteiger charge is 2.46. The lowest BCUT2D eigenvalue weighted by Gasteiger charge is -2.42. The van der Waals surface area contributed by atoms with E-state index in [9.17, 15) is 22.4 Å². The number of likely N-dealkylation sites (N-methyl/N-ethyl adjacent to an activating group) is 1. The van der Waals surface area contributed by atoms with E-state index in [1.807, 2.05) is 11.8 Å². The van der Waals surface area contributed by atoms with Crippen LogP contribution >= 0.6 is 15.9 Å². The zero-order valence-electron chi connectivity index (χ0n) is 23.5. The van der Waals surface area contributed by atoms with Crippen molar-refractivity contribution in [1.82, 2.24) is 19.8 Å². The van der Waals surface area contributed by atoms with Crippen LogP contribution < -0.4 is 9.64 Å². The molecule has 0 radical (unpaired) electrons. The summed E-state index contributed by atoms with van der Waals surface area (Å²) >= 11 is 2.76. The fourth-order valence-electron chi connectivity index (χ4n) is 5.97. The zero-order valence-corrected chi connectivity index (χ0v) is 25.1. The van der Waals surface area contributed by atoms with E-state index in [0.29, 0.717) is 12.8 Å². The molecule has 2 aromatic rings. The Bertz CT molecular complexity index is 1340. The molecule has 8 nitrogen and oxygen atoms in total. The summed E-state index contributed by atoms with van der Waals surface area (Å²) in [7, 11) is 1.77. The van der Waals surface area contributed by atoms with E-state index in [2.05, 4.69) is 25.9 Å². The molecule has 4 heterocycles. The van der Waals surface area contributed by atoms with Gasteiger partial charge in [-0.05, 0) is 69.6 Å². The molecule has 41 heavy (non-hydrogen) atoms. The second-order valence-electron chi connectivity index (χ2n) is 12.4. The van der Waals surface area contributed by atoms with Gasteiger partial charge in [-0.25, -0.2) is 13.6 Å². The van der Waals surface area contributed by atoms with Crippen molar-refractivity contribution in [2.75, 3.05) is 38.2 Å². The Hall–Kier alpha value is -2.48. The number of halogens is 6. The van der Waals surface area contributed by atoms with Gasteiger partial charge in [-0.15, -0.1) is 0 Å². The Balaban J connectivity index is 1.53. The first-order valence-electron chi connectivity index (χ1n) is 13.5. The topological polar surface area (TPSA) is 71.0 Å². The van der Waals surface area contributed by atoms with Crippen molar-refractivity contribution in [3.05, 3.63) is 21.9 Å². The van der Waals surface area contributed by atoms with E-state index in [-0.39, 0.29) is 67.5 Å². The van der Waals surface area contributed by atoms with Gasteiger partial charge in [0.2, 0.25) is 0 Å². The molecule has 0 N–H and O–H groups in total. The molecule has 0 spiro atoms. The quantitative estimate of drug-likeness (QED) is 0.379. The van der Waals surface area contributed by atoms with Crippen LogP contribution in [0.2, 0.25) is 0 Å². The van der Waals surface area contributed by atoms with Crippen molar-refractivity contribution in [2.24, 2.45) is 0 Å². The number of benzene rings is 1. The smallest absolute Gasteiger partial charge is 0.417 e. The Morgan fingerprint density at radius 2 is 1.78 bits per heavy atom. The van der Waals surface area contributed by atoms with Gasteiger partial charge in [0.05, 0.1) is 27.7 Å². The van der Waals surface area contributed by atoms with Crippen LogP contribution in [0.5, 0.6) is 6.01 Å². The molecular formula is C27H33BrF5N5O3. The number of aromatic nitrogens is 2. The molecule has 1 aromatic heterocycles. The molecule has 1 aromatic carbocycles. The van der Waals surface area contributed by atoms with E-state index in [1.165, 1.54) is 0 Å². The highest BCUT2D eigenvalue weighted by molar-refractivity contribution is 9.10. The fraction of sp³-hybridized carbons (Fsp3) is 0.667. The Labute approximate surface area is 243 Å². The lowest BCUT2D eigenvalue weighted by atomic mass is 10.0. The monoisotopic (exact) mass is 649 g/mol. The summed E-state index contributed by atoms with van der Waals surface area (Å²) in [5.74, 6) is -1.11. The molecular weight excluding hydrogens is 617 g/mol. The summed E-state index contributed by atoms with van der Waals surface area (Å²) in [6, 6.07) is 0.0708. The minimum atomic E-state index is -4.83. The molecule has 3 saturated heterocycles. The van der Waals surface area contributed by atoms with Crippen molar-refractivity contribution < 1.29 is 36.2 Å². The molecule has 4 atom stereocenters. The highest BCUT2D eigenvalue weighted by Crippen LogP contribution is 2.43. The van der Waals surface area contributed by atoms with Crippen LogP contribution in [0.3, 0.4) is 0 Å². The summed E-state index contributed by atoms with van der Waals surface area (Å²) in [5, 5.41) is -0.122. The average molecular weight is 650 g/mol. The van der Waals surface area contributed by atoms with Crippen molar-refractivity contribution in [3.63, 3.8) is 0 Å². The van der Waals surface area contributed by atoms with Gasteiger partial charge in [0.25, 0.3) is 0 Å². The van der Waals surface area contributed by atoms with Crippen LogP contribution in [-0.2, 0) is 10.9 Å². The number of hydrogen-bond donors (Lipinski definition) is 0. The van der Waals surface area contributed by atoms with Crippen molar-refractivity contribution >= 4 is 38.7 Å². The molecule has 3 aliphatic rings. The third-order valence-electron chi connectivity index (χ3n) is 8.09. The maximum absolute atomic E-state index is 15.5. The molecule has 226 valence electrons. The predicted molar refractivity (Wildman–Crippen MR) is 145 cm³/mol. The molecule has 0 aliphatic carbocycles. The van der Waals surface area contributed by atoms with Crippen molar-refractivity contribution in [1.29, 1.82) is 0 Å². The van der Waals surface area contributed by atoms with Gasteiger partial charge >= 0.3 is 18.3 Å². The number of alkyl halides is 4. The minimum Gasteiger partial charge on any atom is -0.461 e. The summed E-state index contributed by atoms with van der Waals surface area (Å²) < 4.78 is 81.9. The number of piperazine rings is 1. The largest absolute Gasteiger partial charge is 0.461 e. The number of likely N-dealkylation sites (tertiary alicyclic amines) is 1. The number of carbonyl (C=O) groups is 1. The van der Waals surface area contributed by atoms with Gasteiger partial charge in [0.1, 0.15) is 29.7 Å². The second kappa shape index (κ2) is 10.4. The zero-order chi connectivity index (χ0) is 30.1. The molecule has 1 amide bonds. The van der Waals surface area contributed by atoms with E-state index in [4.69, 9.17) is 9.47 Å². The molecule has 5 rings (SSSR count).